The molecule has 0 spiro atoms. The molecule has 0 bridgehead atoms. The van der Waals surface area contributed by atoms with Crippen molar-refractivity contribution in [2.75, 3.05) is 0 Å². The molecule has 0 saturated carbocycles. The second-order valence-corrected chi connectivity index (χ2v) is 0.283. The third-order valence-electron chi connectivity index (χ3n) is 0. The van der Waals surface area contributed by atoms with Crippen LogP contribution in [-0.4, -0.2) is 45.9 Å². The quantitative estimate of drug-likeness (QED) is 0.559. The maximum atomic E-state index is 8.56. The second-order valence-electron chi connectivity index (χ2n) is 0.283. The predicted molar refractivity (Wildman–Crippen MR) is 18.5 cm³/mol. The van der Waals surface area contributed by atoms with E-state index < -0.39 is 6.16 Å². The van der Waals surface area contributed by atoms with Crippen LogP contribution in [0.1, 0.15) is 0 Å². The molecule has 0 heterocycles. The van der Waals surface area contributed by atoms with Gasteiger partial charge in [0.25, 0.3) is 0 Å². The molecular weight excluding hydrogens is 239 g/mol. The van der Waals surface area contributed by atoms with Crippen molar-refractivity contribution in [1.29, 1.82) is 0 Å². The van der Waals surface area contributed by atoms with Crippen LogP contribution in [0.15, 0.2) is 0 Å². The molecule has 0 aromatic rings. The third kappa shape index (κ3) is 106. The molecule has 6 heteroatoms. The molecule has 0 aromatic carbocycles. The van der Waals surface area contributed by atoms with Crippen LogP contribution in [0.4, 0.5) is 4.79 Å². The molecular formula is CH3CeNaO4. The van der Waals surface area contributed by atoms with Crippen LogP contribution in [0.25, 0.3) is 0 Å². The minimum atomic E-state index is -1.83. The number of carbonyl (C=O) groups is 1. The van der Waals surface area contributed by atoms with E-state index in [1.165, 1.54) is 0 Å². The predicted octanol–water partition coefficient (Wildman–Crippen LogP) is -0.545. The molecule has 0 aliphatic heterocycles. The summed E-state index contributed by atoms with van der Waals surface area (Å²) in [5.74, 6) is 0. The zero-order valence-corrected chi connectivity index (χ0v) is 5.85. The Morgan fingerprint density at radius 3 is 1.29 bits per heavy atom. The first-order chi connectivity index (χ1) is 2.73. The summed E-state index contributed by atoms with van der Waals surface area (Å²) >= 11 is 0.0556. The fraction of sp³-hybridized carbons (Fsp3) is 0. The van der Waals surface area contributed by atoms with Crippen LogP contribution in [-0.2, 0) is 0.938 Å². The van der Waals surface area contributed by atoms with Gasteiger partial charge in [0.05, 0.1) is 0 Å². The zero-order valence-electron chi connectivity index (χ0n) is 2.71. The average molecular weight is 242 g/mol. The van der Waals surface area contributed by atoms with Crippen molar-refractivity contribution in [1.82, 2.24) is 0 Å². The van der Waals surface area contributed by atoms with Crippen molar-refractivity contribution in [3.63, 3.8) is 0 Å². The van der Waals surface area contributed by atoms with Gasteiger partial charge >= 0.3 is 76.4 Å². The first kappa shape index (κ1) is 15.8. The Kier molecular flexibility index (Phi) is 35.3. The average Bonchev–Trinajstić information content (AvgIpc) is 1.41. The molecule has 2 N–H and O–H groups in total. The van der Waals surface area contributed by atoms with E-state index in [-0.39, 0.29) is 69.3 Å². The van der Waals surface area contributed by atoms with Crippen molar-refractivity contribution >= 4 is 35.7 Å². The van der Waals surface area contributed by atoms with Gasteiger partial charge in [0, 0.05) is 0 Å². The molecule has 0 atom stereocenters. The van der Waals surface area contributed by atoms with E-state index in [9.17, 15) is 0 Å². The normalized spacial score (nSPS) is 3.86. The van der Waals surface area contributed by atoms with Crippen LogP contribution >= 0.6 is 0 Å². The Balaban J connectivity index is -0.0000000480. The van der Waals surface area contributed by atoms with Gasteiger partial charge in [0.2, 0.25) is 0 Å². The minimum absolute atomic E-state index is 0. The van der Waals surface area contributed by atoms with Crippen LogP contribution in [0.2, 0.25) is 0 Å². The van der Waals surface area contributed by atoms with E-state index in [0.29, 0.717) is 0 Å². The summed E-state index contributed by atoms with van der Waals surface area (Å²) in [6.45, 7) is 0. The maximum absolute atomic E-state index is 8.56. The Bertz CT molecular complexity index is 43.0. The molecule has 0 aromatic heterocycles. The molecule has 0 rings (SSSR count). The Morgan fingerprint density at radius 2 is 1.29 bits per heavy atom. The van der Waals surface area contributed by atoms with Gasteiger partial charge in [0.1, 0.15) is 0 Å². The first-order valence-electron chi connectivity index (χ1n) is 0.855. The standard InChI is InChI=1S/CH2O3.Ce.Na.O.H/c2-1(3)4;;;;/h(H2,2,3,4);;;;. The van der Waals surface area contributed by atoms with Crippen LogP contribution < -0.4 is 0 Å². The summed E-state index contributed by atoms with van der Waals surface area (Å²) in [6.07, 6.45) is -1.83. The number of hydrogen-bond acceptors (Lipinski definition) is 2. The second kappa shape index (κ2) is 15.7. The molecule has 0 saturated heterocycles. The summed E-state index contributed by atoms with van der Waals surface area (Å²) < 4.78 is 8.39. The van der Waals surface area contributed by atoms with Gasteiger partial charge in [-0.3, -0.25) is 0 Å². The van der Waals surface area contributed by atoms with Crippen molar-refractivity contribution in [3.05, 3.63) is 0 Å². The Hall–Kier alpha value is 1.45. The third-order valence-corrected chi connectivity index (χ3v) is 0. The number of carboxylic acid groups (broad SMARTS) is 2. The van der Waals surface area contributed by atoms with E-state index in [1.807, 2.05) is 0 Å². The van der Waals surface area contributed by atoms with E-state index >= 15 is 0 Å². The van der Waals surface area contributed by atoms with E-state index in [2.05, 4.69) is 0 Å². The Labute approximate surface area is 89.8 Å². The number of rotatable bonds is 0. The van der Waals surface area contributed by atoms with Crippen molar-refractivity contribution in [2.45, 2.75) is 0 Å². The van der Waals surface area contributed by atoms with Crippen LogP contribution in [0, 0.1) is 39.8 Å². The molecule has 0 aliphatic rings. The molecule has 0 unspecified atom stereocenters. The van der Waals surface area contributed by atoms with E-state index in [0.717, 1.165) is 0 Å². The summed E-state index contributed by atoms with van der Waals surface area (Å²) in [5, 5.41) is 13.9. The Morgan fingerprint density at radius 1 is 1.29 bits per heavy atom. The fourth-order valence-corrected chi connectivity index (χ4v) is 0. The van der Waals surface area contributed by atoms with Gasteiger partial charge in [-0.05, 0) is 0 Å². The van der Waals surface area contributed by atoms with Gasteiger partial charge in [-0.15, -0.1) is 0 Å². The van der Waals surface area contributed by atoms with Gasteiger partial charge in [0.15, 0.2) is 0 Å². The topological polar surface area (TPSA) is 74.6 Å². The molecule has 36 valence electrons. The SMILES string of the molecule is O=C(O)O.[NaH].[O]=[Ce]. The van der Waals surface area contributed by atoms with Crippen molar-refractivity contribution in [2.24, 2.45) is 0 Å². The summed E-state index contributed by atoms with van der Waals surface area (Å²) in [6, 6.07) is 0. The summed E-state index contributed by atoms with van der Waals surface area (Å²) in [5.41, 5.74) is 0. The van der Waals surface area contributed by atoms with Gasteiger partial charge < -0.3 is 10.2 Å². The van der Waals surface area contributed by atoms with Crippen molar-refractivity contribution in [3.8, 4) is 0 Å². The van der Waals surface area contributed by atoms with E-state index in [4.69, 9.17) is 15.9 Å². The summed E-state index contributed by atoms with van der Waals surface area (Å²) in [4.78, 5) is 8.56. The summed E-state index contributed by atoms with van der Waals surface area (Å²) in [7, 11) is 0. The van der Waals surface area contributed by atoms with Gasteiger partial charge in [-0.2, -0.15) is 0 Å². The van der Waals surface area contributed by atoms with Crippen molar-refractivity contribution < 1.29 is 55.7 Å². The van der Waals surface area contributed by atoms with Gasteiger partial charge in [-0.1, -0.05) is 0 Å². The molecule has 0 radical (unpaired) electrons. The van der Waals surface area contributed by atoms with Gasteiger partial charge in [-0.25, -0.2) is 4.79 Å². The van der Waals surface area contributed by atoms with Crippen LogP contribution in [0.5, 0.6) is 0 Å². The fourth-order valence-electron chi connectivity index (χ4n) is 0. The molecule has 4 nitrogen and oxygen atoms in total. The molecule has 0 fully saturated rings. The molecule has 0 amide bonds. The van der Waals surface area contributed by atoms with Crippen LogP contribution in [0.3, 0.4) is 0 Å². The molecule has 7 heavy (non-hydrogen) atoms. The van der Waals surface area contributed by atoms with E-state index in [1.54, 1.807) is 0 Å². The monoisotopic (exact) mass is 242 g/mol. The number of hydrogen-bond donors (Lipinski definition) is 2. The zero-order chi connectivity index (χ0) is 5.58. The first-order valence-corrected chi connectivity index (χ1v) is 2.14. The molecule has 0 aliphatic carbocycles.